The Labute approximate surface area is 160 Å². The summed E-state index contributed by atoms with van der Waals surface area (Å²) >= 11 is 0. The third-order valence-corrected chi connectivity index (χ3v) is 5.08. The molecule has 1 saturated carbocycles. The van der Waals surface area contributed by atoms with E-state index in [0.29, 0.717) is 29.5 Å². The molecule has 0 spiro atoms. The van der Waals surface area contributed by atoms with Crippen molar-refractivity contribution in [2.75, 3.05) is 5.32 Å². The molecule has 1 fully saturated rings. The molecule has 2 amide bonds. The molecule has 2 rings (SSSR count). The highest BCUT2D eigenvalue weighted by atomic mass is 16.2. The Morgan fingerprint density at radius 2 is 2.00 bits per heavy atom. The smallest absolute Gasteiger partial charge is 0.249 e. The molecule has 0 heterocycles. The quantitative estimate of drug-likeness (QED) is 0.294. The van der Waals surface area contributed by atoms with Crippen molar-refractivity contribution in [3.05, 3.63) is 51.9 Å². The third kappa shape index (κ3) is 6.57. The summed E-state index contributed by atoms with van der Waals surface area (Å²) in [5.41, 5.74) is 10.4. The SMILES string of the molecule is CC1CCCC(C=C(CC(=O)Nc2ccc(C(=O)N=[N+]=[N-])cc2)C(C)C)C1. The van der Waals surface area contributed by atoms with Gasteiger partial charge in [-0.25, -0.2) is 0 Å². The number of azide groups is 1. The van der Waals surface area contributed by atoms with Crippen LogP contribution in [0.4, 0.5) is 5.69 Å². The summed E-state index contributed by atoms with van der Waals surface area (Å²) in [6.45, 7) is 6.56. The number of rotatable bonds is 6. The van der Waals surface area contributed by atoms with Gasteiger partial charge in [0.1, 0.15) is 0 Å². The number of hydrogen-bond donors (Lipinski definition) is 1. The second kappa shape index (κ2) is 9.93. The first-order valence-electron chi connectivity index (χ1n) is 9.59. The number of nitrogens with one attached hydrogen (secondary N) is 1. The van der Waals surface area contributed by atoms with E-state index in [2.05, 4.69) is 42.2 Å². The predicted molar refractivity (Wildman–Crippen MR) is 107 cm³/mol. The van der Waals surface area contributed by atoms with Gasteiger partial charge in [0.05, 0.1) is 0 Å². The van der Waals surface area contributed by atoms with Gasteiger partial charge in [0.2, 0.25) is 11.8 Å². The van der Waals surface area contributed by atoms with Crippen LogP contribution in [0, 0.1) is 17.8 Å². The maximum absolute atomic E-state index is 12.5. The molecule has 0 aromatic heterocycles. The normalized spacial score (nSPS) is 20.1. The molecular formula is C21H28N4O2. The number of benzene rings is 1. The van der Waals surface area contributed by atoms with Crippen molar-refractivity contribution in [1.29, 1.82) is 0 Å². The molecule has 2 unspecified atom stereocenters. The van der Waals surface area contributed by atoms with Crippen LogP contribution in [0.5, 0.6) is 0 Å². The molecule has 1 aromatic rings. The molecule has 1 aliphatic carbocycles. The highest BCUT2D eigenvalue weighted by molar-refractivity contribution is 5.96. The highest BCUT2D eigenvalue weighted by Crippen LogP contribution is 2.31. The third-order valence-electron chi connectivity index (χ3n) is 5.08. The van der Waals surface area contributed by atoms with Crippen LogP contribution in [-0.2, 0) is 4.79 Å². The van der Waals surface area contributed by atoms with Gasteiger partial charge in [0, 0.05) is 22.6 Å². The van der Waals surface area contributed by atoms with Gasteiger partial charge < -0.3 is 5.32 Å². The van der Waals surface area contributed by atoms with Crippen LogP contribution in [0.3, 0.4) is 0 Å². The Hall–Kier alpha value is -2.59. The van der Waals surface area contributed by atoms with Crippen LogP contribution < -0.4 is 5.32 Å². The van der Waals surface area contributed by atoms with Crippen molar-refractivity contribution in [2.24, 2.45) is 22.9 Å². The standard InChI is InChI=1S/C21H28N4O2/c1-14(2)18(12-16-6-4-5-15(3)11-16)13-20(26)23-19-9-7-17(8-10-19)21(27)24-25-22/h7-10,12,14-16H,4-6,11,13H2,1-3H3,(H,23,26). The highest BCUT2D eigenvalue weighted by Gasteiger charge is 2.19. The predicted octanol–water partition coefficient (Wildman–Crippen LogP) is 5.87. The molecule has 2 atom stereocenters. The summed E-state index contributed by atoms with van der Waals surface area (Å²) in [4.78, 5) is 26.4. The lowest BCUT2D eigenvalue weighted by Gasteiger charge is -2.26. The number of anilines is 1. The maximum Gasteiger partial charge on any atom is 0.249 e. The molecule has 144 valence electrons. The van der Waals surface area contributed by atoms with E-state index in [1.807, 2.05) is 0 Å². The zero-order valence-electron chi connectivity index (χ0n) is 16.3. The lowest BCUT2D eigenvalue weighted by molar-refractivity contribution is -0.115. The minimum atomic E-state index is -0.637. The molecular weight excluding hydrogens is 340 g/mol. The Balaban J connectivity index is 1.99. The van der Waals surface area contributed by atoms with Crippen molar-refractivity contribution in [2.45, 2.75) is 52.9 Å². The van der Waals surface area contributed by atoms with Gasteiger partial charge in [-0.05, 0) is 65.5 Å². The van der Waals surface area contributed by atoms with Crippen molar-refractivity contribution < 1.29 is 9.59 Å². The summed E-state index contributed by atoms with van der Waals surface area (Å²) in [6, 6.07) is 6.35. The second-order valence-electron chi connectivity index (χ2n) is 7.73. The van der Waals surface area contributed by atoms with E-state index in [9.17, 15) is 9.59 Å². The summed E-state index contributed by atoms with van der Waals surface area (Å²) in [5.74, 6) is 0.964. The number of amides is 2. The van der Waals surface area contributed by atoms with Crippen LogP contribution in [-0.4, -0.2) is 11.8 Å². The summed E-state index contributed by atoms with van der Waals surface area (Å²) in [7, 11) is 0. The van der Waals surface area contributed by atoms with Crippen LogP contribution in [0.2, 0.25) is 0 Å². The number of nitrogens with zero attached hydrogens (tertiary/aromatic N) is 3. The maximum atomic E-state index is 12.5. The van der Waals surface area contributed by atoms with Gasteiger partial charge in [-0.2, -0.15) is 0 Å². The minimum Gasteiger partial charge on any atom is -0.326 e. The fourth-order valence-electron chi connectivity index (χ4n) is 3.58. The first-order valence-corrected chi connectivity index (χ1v) is 9.59. The second-order valence-corrected chi connectivity index (χ2v) is 7.73. The zero-order valence-corrected chi connectivity index (χ0v) is 16.3. The first kappa shape index (κ1) is 20.7. The van der Waals surface area contributed by atoms with E-state index in [-0.39, 0.29) is 5.91 Å². The van der Waals surface area contributed by atoms with Crippen molar-refractivity contribution in [1.82, 2.24) is 0 Å². The van der Waals surface area contributed by atoms with E-state index in [1.165, 1.54) is 43.4 Å². The molecule has 1 aliphatic rings. The average molecular weight is 368 g/mol. The first-order chi connectivity index (χ1) is 12.9. The zero-order chi connectivity index (χ0) is 19.8. The van der Waals surface area contributed by atoms with Crippen molar-refractivity contribution in [3.8, 4) is 0 Å². The molecule has 0 bridgehead atoms. The van der Waals surface area contributed by atoms with E-state index in [1.54, 1.807) is 12.1 Å². The van der Waals surface area contributed by atoms with Gasteiger partial charge in [-0.15, -0.1) is 0 Å². The van der Waals surface area contributed by atoms with E-state index >= 15 is 0 Å². The van der Waals surface area contributed by atoms with Gasteiger partial charge >= 0.3 is 0 Å². The molecule has 6 nitrogen and oxygen atoms in total. The largest absolute Gasteiger partial charge is 0.326 e. The van der Waals surface area contributed by atoms with Crippen LogP contribution in [0.15, 0.2) is 41.0 Å². The lowest BCUT2D eigenvalue weighted by Crippen LogP contribution is -2.16. The Bertz CT molecular complexity index is 746. The fourth-order valence-corrected chi connectivity index (χ4v) is 3.58. The van der Waals surface area contributed by atoms with Crippen LogP contribution in [0.25, 0.3) is 10.4 Å². The van der Waals surface area contributed by atoms with Crippen LogP contribution >= 0.6 is 0 Å². The monoisotopic (exact) mass is 368 g/mol. The fraction of sp³-hybridized carbons (Fsp3) is 0.524. The van der Waals surface area contributed by atoms with Gasteiger partial charge in [-0.3, -0.25) is 9.59 Å². The summed E-state index contributed by atoms with van der Waals surface area (Å²) in [6.07, 6.45) is 7.69. The molecule has 0 aliphatic heterocycles. The number of allylic oxidation sites excluding steroid dienone is 1. The van der Waals surface area contributed by atoms with Crippen molar-refractivity contribution >= 4 is 17.5 Å². The summed E-state index contributed by atoms with van der Waals surface area (Å²) < 4.78 is 0. The van der Waals surface area contributed by atoms with Gasteiger partial charge in [0.15, 0.2) is 0 Å². The van der Waals surface area contributed by atoms with E-state index in [4.69, 9.17) is 5.53 Å². The molecule has 27 heavy (non-hydrogen) atoms. The molecule has 1 N–H and O–H groups in total. The summed E-state index contributed by atoms with van der Waals surface area (Å²) in [5, 5.41) is 5.93. The Kier molecular flexibility index (Phi) is 7.62. The topological polar surface area (TPSA) is 94.9 Å². The van der Waals surface area contributed by atoms with Crippen molar-refractivity contribution in [3.63, 3.8) is 0 Å². The Morgan fingerprint density at radius 3 is 2.59 bits per heavy atom. The lowest BCUT2D eigenvalue weighted by atomic mass is 9.80. The van der Waals surface area contributed by atoms with E-state index < -0.39 is 5.91 Å². The molecule has 0 radical (unpaired) electrons. The minimum absolute atomic E-state index is 0.0621. The van der Waals surface area contributed by atoms with E-state index in [0.717, 1.165) is 5.92 Å². The molecule has 1 aromatic carbocycles. The molecule has 6 heteroatoms. The molecule has 0 saturated heterocycles. The Morgan fingerprint density at radius 1 is 1.30 bits per heavy atom. The van der Waals surface area contributed by atoms with Crippen LogP contribution in [0.1, 0.15) is 63.2 Å². The number of hydrogen-bond acceptors (Lipinski definition) is 2. The van der Waals surface area contributed by atoms with Gasteiger partial charge in [0.25, 0.3) is 0 Å². The van der Waals surface area contributed by atoms with Gasteiger partial charge in [-0.1, -0.05) is 45.3 Å². The number of carbonyl (C=O) groups excluding carboxylic acids is 2. The number of carbonyl (C=O) groups is 2. The average Bonchev–Trinajstić information content (AvgIpc) is 2.62.